The normalized spacial score (nSPS) is 41.4. The second-order valence-electron chi connectivity index (χ2n) is 11.3. The number of rotatable bonds is 6. The minimum atomic E-state index is -1.12. The molecule has 0 unspecified atom stereocenters. The van der Waals surface area contributed by atoms with Crippen LogP contribution in [0.2, 0.25) is 0 Å². The first-order valence-corrected chi connectivity index (χ1v) is 13.2. The zero-order valence-corrected chi connectivity index (χ0v) is 20.6. The van der Waals surface area contributed by atoms with E-state index in [0.29, 0.717) is 5.92 Å². The number of amides is 3. The van der Waals surface area contributed by atoms with E-state index in [1.165, 1.54) is 12.8 Å². The van der Waals surface area contributed by atoms with E-state index in [9.17, 15) is 14.4 Å². The maximum atomic E-state index is 13.8. The Morgan fingerprint density at radius 3 is 2.50 bits per heavy atom. The molecular weight excluding hydrogens is 430 g/mol. The van der Waals surface area contributed by atoms with Crippen molar-refractivity contribution in [2.45, 2.75) is 101 Å². The summed E-state index contributed by atoms with van der Waals surface area (Å²) in [5.41, 5.74) is -2.01. The minimum absolute atomic E-state index is 0.120. The van der Waals surface area contributed by atoms with Gasteiger partial charge in [-0.2, -0.15) is 0 Å². The third-order valence-corrected chi connectivity index (χ3v) is 9.04. The molecule has 0 aromatic heterocycles. The molecule has 3 amide bonds. The molecular formula is C27H39N3O4. The van der Waals surface area contributed by atoms with Crippen molar-refractivity contribution in [1.29, 1.82) is 0 Å². The molecule has 2 N–H and O–H groups in total. The Kier molecular flexibility index (Phi) is 6.11. The lowest BCUT2D eigenvalue weighted by Crippen LogP contribution is -2.56. The second kappa shape index (κ2) is 8.81. The Morgan fingerprint density at radius 2 is 1.79 bits per heavy atom. The number of hydrogen-bond donors (Lipinski definition) is 2. The third kappa shape index (κ3) is 3.62. The van der Waals surface area contributed by atoms with E-state index in [1.807, 2.05) is 19.1 Å². The van der Waals surface area contributed by atoms with Crippen LogP contribution in [0.4, 0.5) is 0 Å². The molecule has 2 saturated carbocycles. The molecule has 0 aromatic rings. The van der Waals surface area contributed by atoms with Gasteiger partial charge in [0.05, 0.1) is 17.4 Å². The second-order valence-corrected chi connectivity index (χ2v) is 11.3. The number of hydrogen-bond acceptors (Lipinski definition) is 4. The number of nitrogens with one attached hydrogen (secondary N) is 2. The van der Waals surface area contributed by atoms with Gasteiger partial charge in [0.1, 0.15) is 11.6 Å². The summed E-state index contributed by atoms with van der Waals surface area (Å²) in [5, 5.41) is 6.47. The summed E-state index contributed by atoms with van der Waals surface area (Å²) in [5.74, 6) is -1.44. The van der Waals surface area contributed by atoms with Crippen molar-refractivity contribution in [2.75, 3.05) is 6.54 Å². The largest absolute Gasteiger partial charge is 0.356 e. The summed E-state index contributed by atoms with van der Waals surface area (Å²) in [7, 11) is 0. The highest BCUT2D eigenvalue weighted by molar-refractivity contribution is 6.00. The first-order valence-electron chi connectivity index (χ1n) is 13.2. The Morgan fingerprint density at radius 1 is 1.09 bits per heavy atom. The summed E-state index contributed by atoms with van der Waals surface area (Å²) < 4.78 is 6.56. The Bertz CT molecular complexity index is 896. The van der Waals surface area contributed by atoms with E-state index >= 15 is 0 Å². The fourth-order valence-corrected chi connectivity index (χ4v) is 7.30. The van der Waals surface area contributed by atoms with Crippen LogP contribution in [0.1, 0.15) is 71.6 Å². The number of fused-ring (bicyclic) bond motifs is 1. The number of carbonyl (C=O) groups is 3. The van der Waals surface area contributed by atoms with Gasteiger partial charge in [-0.05, 0) is 38.5 Å². The highest BCUT2D eigenvalue weighted by Crippen LogP contribution is 2.59. The van der Waals surface area contributed by atoms with E-state index in [1.54, 1.807) is 11.0 Å². The summed E-state index contributed by atoms with van der Waals surface area (Å²) in [6.45, 7) is 8.13. The predicted molar refractivity (Wildman–Crippen MR) is 129 cm³/mol. The summed E-state index contributed by atoms with van der Waals surface area (Å²) in [6, 6.07) is -0.549. The van der Waals surface area contributed by atoms with Crippen LogP contribution in [0.5, 0.6) is 0 Å². The molecule has 2 saturated heterocycles. The van der Waals surface area contributed by atoms with Crippen LogP contribution in [0.15, 0.2) is 24.8 Å². The monoisotopic (exact) mass is 469 g/mol. The van der Waals surface area contributed by atoms with Gasteiger partial charge in [0.25, 0.3) is 0 Å². The van der Waals surface area contributed by atoms with Crippen LogP contribution < -0.4 is 10.6 Å². The fourth-order valence-electron chi connectivity index (χ4n) is 7.30. The van der Waals surface area contributed by atoms with Gasteiger partial charge in [0.15, 0.2) is 0 Å². The number of ether oxygens (including phenoxy) is 1. The van der Waals surface area contributed by atoms with Gasteiger partial charge in [-0.15, -0.1) is 6.58 Å². The lowest BCUT2D eigenvalue weighted by molar-refractivity contribution is -0.145. The molecule has 1 spiro atoms. The molecule has 5 aliphatic rings. The van der Waals surface area contributed by atoms with Crippen molar-refractivity contribution in [3.63, 3.8) is 0 Å². The molecule has 2 aliphatic carbocycles. The van der Waals surface area contributed by atoms with Gasteiger partial charge in [0, 0.05) is 18.6 Å². The first-order chi connectivity index (χ1) is 16.3. The Labute approximate surface area is 202 Å². The van der Waals surface area contributed by atoms with Crippen LogP contribution in [-0.2, 0) is 19.1 Å². The number of nitrogens with zero attached hydrogens (tertiary/aromatic N) is 1. The highest BCUT2D eigenvalue weighted by atomic mass is 16.5. The summed E-state index contributed by atoms with van der Waals surface area (Å²) >= 11 is 0. The van der Waals surface area contributed by atoms with Gasteiger partial charge in [-0.3, -0.25) is 14.4 Å². The molecule has 7 atom stereocenters. The molecule has 186 valence electrons. The van der Waals surface area contributed by atoms with Gasteiger partial charge in [-0.25, -0.2) is 0 Å². The quantitative estimate of drug-likeness (QED) is 0.586. The van der Waals surface area contributed by atoms with Crippen molar-refractivity contribution in [1.82, 2.24) is 15.5 Å². The molecule has 2 bridgehead atoms. The Balaban J connectivity index is 1.43. The fraction of sp³-hybridized carbons (Fsp3) is 0.741. The van der Waals surface area contributed by atoms with Crippen LogP contribution in [0.3, 0.4) is 0 Å². The molecule has 0 aromatic carbocycles. The minimum Gasteiger partial charge on any atom is -0.356 e. The van der Waals surface area contributed by atoms with Crippen molar-refractivity contribution < 1.29 is 19.1 Å². The lowest BCUT2D eigenvalue weighted by Gasteiger charge is -2.34. The van der Waals surface area contributed by atoms with Crippen LogP contribution in [-0.4, -0.2) is 58.5 Å². The molecule has 4 fully saturated rings. The summed E-state index contributed by atoms with van der Waals surface area (Å²) in [6.07, 6.45) is 15.1. The van der Waals surface area contributed by atoms with E-state index in [0.717, 1.165) is 44.9 Å². The maximum Gasteiger partial charge on any atom is 0.246 e. The van der Waals surface area contributed by atoms with Crippen LogP contribution in [0, 0.1) is 17.8 Å². The standard InChI is InChI=1S/C27H39N3O4/c1-4-16-30-22(24(32)28-18-11-6-5-7-12-18)27-15-14-26(3,34-27)20(21(27)25(30)33)23(31)29-19-13-9-8-10-17(19)2/h4,14-15,17-22H,1,5-13,16H2,2-3H3,(H,28,32)(H,29,31)/t17-,19+,20+,21-,22-,26+,27-/m0/s1. The lowest BCUT2D eigenvalue weighted by atomic mass is 9.70. The zero-order chi connectivity index (χ0) is 24.1. The van der Waals surface area contributed by atoms with Gasteiger partial charge in [-0.1, -0.05) is 57.3 Å². The smallest absolute Gasteiger partial charge is 0.246 e. The third-order valence-electron chi connectivity index (χ3n) is 9.04. The molecule has 3 aliphatic heterocycles. The molecule has 34 heavy (non-hydrogen) atoms. The topological polar surface area (TPSA) is 87.7 Å². The average Bonchev–Trinajstić information content (AvgIpc) is 3.37. The molecule has 7 nitrogen and oxygen atoms in total. The van der Waals surface area contributed by atoms with Crippen LogP contribution in [0.25, 0.3) is 0 Å². The van der Waals surface area contributed by atoms with E-state index in [-0.39, 0.29) is 36.3 Å². The van der Waals surface area contributed by atoms with E-state index in [2.05, 4.69) is 24.1 Å². The van der Waals surface area contributed by atoms with E-state index < -0.39 is 29.1 Å². The first kappa shape index (κ1) is 23.6. The Hall–Kier alpha value is -2.15. The average molecular weight is 470 g/mol. The molecule has 3 heterocycles. The van der Waals surface area contributed by atoms with Crippen molar-refractivity contribution in [3.8, 4) is 0 Å². The van der Waals surface area contributed by atoms with Crippen molar-refractivity contribution >= 4 is 17.7 Å². The van der Waals surface area contributed by atoms with E-state index in [4.69, 9.17) is 4.74 Å². The molecule has 0 radical (unpaired) electrons. The van der Waals surface area contributed by atoms with Crippen molar-refractivity contribution in [3.05, 3.63) is 24.8 Å². The van der Waals surface area contributed by atoms with Crippen molar-refractivity contribution in [2.24, 2.45) is 17.8 Å². The number of carbonyl (C=O) groups excluding carboxylic acids is 3. The highest BCUT2D eigenvalue weighted by Gasteiger charge is 2.76. The predicted octanol–water partition coefficient (Wildman–Crippen LogP) is 2.86. The zero-order valence-electron chi connectivity index (χ0n) is 20.6. The van der Waals surface area contributed by atoms with Gasteiger partial charge < -0.3 is 20.3 Å². The SMILES string of the molecule is C=CCN1C(=O)[C@@H]2[C@H](C(=O)N[C@@H]3CCCC[C@@H]3C)[C@@]3(C)C=C[C@@]2(O3)[C@@H]1C(=O)NC1CCCCC1. The van der Waals surface area contributed by atoms with Gasteiger partial charge in [0.2, 0.25) is 17.7 Å². The molecule has 5 rings (SSSR count). The van der Waals surface area contributed by atoms with Crippen LogP contribution >= 0.6 is 0 Å². The molecule has 7 heteroatoms. The number of likely N-dealkylation sites (tertiary alicyclic amines) is 1. The summed E-state index contributed by atoms with van der Waals surface area (Å²) in [4.78, 5) is 42.7. The maximum absolute atomic E-state index is 13.8. The van der Waals surface area contributed by atoms with Gasteiger partial charge >= 0.3 is 0 Å².